The zero-order valence-electron chi connectivity index (χ0n) is 31.9. The third kappa shape index (κ3) is 7.90. The molecule has 4 aliphatic rings. The molecule has 2 N–H and O–H groups in total. The summed E-state index contributed by atoms with van der Waals surface area (Å²) in [6, 6.07) is 13.0. The van der Waals surface area contributed by atoms with Crippen LogP contribution in [0.2, 0.25) is 0 Å². The van der Waals surface area contributed by atoms with Crippen molar-refractivity contribution >= 4 is 46.1 Å². The number of imide groups is 1. The third-order valence-corrected chi connectivity index (χ3v) is 12.3. The number of benzene rings is 1. The van der Waals surface area contributed by atoms with Crippen LogP contribution < -0.4 is 21.1 Å². The molecule has 6 heterocycles. The fourth-order valence-corrected chi connectivity index (χ4v) is 9.19. The number of carbonyl (C=O) groups excluding carboxylic acids is 3. The van der Waals surface area contributed by atoms with Crippen molar-refractivity contribution in [3.8, 4) is 0 Å². The highest BCUT2D eigenvalue weighted by atomic mass is 16.2. The summed E-state index contributed by atoms with van der Waals surface area (Å²) in [5.74, 6) is 0.174. The SMILES string of the molecule is CC(=O)c1c(C)c2cnc(Nc3ccc(N4CCN(C5CCN(CCc6cccc(C7CCC(=O)NC7=O)c6)CC5)CC4)cn3)nc2n(C2CCCC2)c1=O. The van der Waals surface area contributed by atoms with E-state index >= 15 is 0 Å². The van der Waals surface area contributed by atoms with E-state index in [1.54, 1.807) is 17.7 Å². The van der Waals surface area contributed by atoms with Gasteiger partial charge in [0.2, 0.25) is 17.8 Å². The van der Waals surface area contributed by atoms with Crippen molar-refractivity contribution in [3.05, 3.63) is 81.4 Å². The first-order chi connectivity index (χ1) is 26.7. The number of Topliss-reactive ketones (excluding diaryl/α,β-unsaturated/α-hetero) is 1. The molecular formula is C42H51N9O4. The van der Waals surface area contributed by atoms with Gasteiger partial charge in [0.1, 0.15) is 11.5 Å². The Morgan fingerprint density at radius 1 is 0.891 bits per heavy atom. The predicted molar refractivity (Wildman–Crippen MR) is 212 cm³/mol. The molecule has 8 rings (SSSR count). The summed E-state index contributed by atoms with van der Waals surface area (Å²) in [4.78, 5) is 71.7. The van der Waals surface area contributed by atoms with Crippen LogP contribution in [0.25, 0.3) is 11.0 Å². The van der Waals surface area contributed by atoms with Crippen LogP contribution in [-0.2, 0) is 16.0 Å². The number of nitrogens with zero attached hydrogens (tertiary/aromatic N) is 7. The summed E-state index contributed by atoms with van der Waals surface area (Å²) < 4.78 is 1.73. The van der Waals surface area contributed by atoms with E-state index < -0.39 is 0 Å². The number of rotatable bonds is 10. The Balaban J connectivity index is 0.825. The van der Waals surface area contributed by atoms with Crippen LogP contribution in [0.15, 0.2) is 53.6 Å². The van der Waals surface area contributed by atoms with E-state index in [0.29, 0.717) is 41.9 Å². The van der Waals surface area contributed by atoms with Gasteiger partial charge in [-0.2, -0.15) is 4.98 Å². The molecule has 3 saturated heterocycles. The summed E-state index contributed by atoms with van der Waals surface area (Å²) >= 11 is 0. The number of piperazine rings is 1. The molecule has 0 bridgehead atoms. The molecule has 1 saturated carbocycles. The van der Waals surface area contributed by atoms with Crippen LogP contribution in [0.3, 0.4) is 0 Å². The van der Waals surface area contributed by atoms with E-state index in [0.717, 1.165) is 94.6 Å². The number of hydrogen-bond acceptors (Lipinski definition) is 11. The van der Waals surface area contributed by atoms with Gasteiger partial charge in [0.15, 0.2) is 5.78 Å². The first-order valence-corrected chi connectivity index (χ1v) is 20.0. The second-order valence-corrected chi connectivity index (χ2v) is 15.7. The number of likely N-dealkylation sites (tertiary alicyclic amines) is 1. The van der Waals surface area contributed by atoms with E-state index in [4.69, 9.17) is 9.97 Å². The summed E-state index contributed by atoms with van der Waals surface area (Å²) in [7, 11) is 0. The molecule has 13 nitrogen and oxygen atoms in total. The largest absolute Gasteiger partial charge is 0.368 e. The molecule has 4 fully saturated rings. The Kier molecular flexibility index (Phi) is 10.7. The monoisotopic (exact) mass is 745 g/mol. The number of anilines is 3. The average molecular weight is 746 g/mol. The number of pyridine rings is 2. The number of hydrogen-bond donors (Lipinski definition) is 2. The van der Waals surface area contributed by atoms with E-state index in [1.165, 1.54) is 25.3 Å². The van der Waals surface area contributed by atoms with Crippen molar-refractivity contribution in [1.29, 1.82) is 0 Å². The fourth-order valence-electron chi connectivity index (χ4n) is 9.19. The first kappa shape index (κ1) is 36.9. The van der Waals surface area contributed by atoms with Crippen LogP contribution in [0, 0.1) is 6.92 Å². The highest BCUT2D eigenvalue weighted by Crippen LogP contribution is 2.32. The fraction of sp³-hybridized carbons (Fsp3) is 0.500. The van der Waals surface area contributed by atoms with Crippen molar-refractivity contribution in [3.63, 3.8) is 0 Å². The van der Waals surface area contributed by atoms with Gasteiger partial charge in [0.25, 0.3) is 5.56 Å². The summed E-state index contributed by atoms with van der Waals surface area (Å²) in [6.45, 7) is 10.4. The Hall–Kier alpha value is -5.01. The lowest BCUT2D eigenvalue weighted by atomic mass is 9.89. The number of aryl methyl sites for hydroxylation is 1. The number of ketones is 1. The summed E-state index contributed by atoms with van der Waals surface area (Å²) in [5, 5.41) is 6.45. The van der Waals surface area contributed by atoms with Gasteiger partial charge in [-0.25, -0.2) is 9.97 Å². The van der Waals surface area contributed by atoms with Crippen molar-refractivity contribution in [2.24, 2.45) is 0 Å². The smallest absolute Gasteiger partial charge is 0.263 e. The van der Waals surface area contributed by atoms with Gasteiger partial charge in [0.05, 0.1) is 23.4 Å². The van der Waals surface area contributed by atoms with Gasteiger partial charge in [-0.05, 0) is 94.3 Å². The van der Waals surface area contributed by atoms with Gasteiger partial charge in [0, 0.05) is 62.8 Å². The van der Waals surface area contributed by atoms with Gasteiger partial charge in [-0.15, -0.1) is 0 Å². The van der Waals surface area contributed by atoms with Crippen molar-refractivity contribution in [2.75, 3.05) is 56.0 Å². The van der Waals surface area contributed by atoms with Gasteiger partial charge in [-0.1, -0.05) is 37.1 Å². The lowest BCUT2D eigenvalue weighted by molar-refractivity contribution is -0.134. The number of aromatic nitrogens is 4. The van der Waals surface area contributed by atoms with E-state index in [-0.39, 0.29) is 40.7 Å². The van der Waals surface area contributed by atoms with Crippen LogP contribution >= 0.6 is 0 Å². The Bertz CT molecular complexity index is 2130. The molecule has 0 radical (unpaired) electrons. The zero-order valence-corrected chi connectivity index (χ0v) is 31.9. The molecule has 288 valence electrons. The molecule has 1 atom stereocenters. The minimum absolute atomic E-state index is 0.0254. The van der Waals surface area contributed by atoms with Crippen LogP contribution in [0.1, 0.15) is 97.3 Å². The Labute approximate surface area is 321 Å². The molecule has 13 heteroatoms. The quantitative estimate of drug-likeness (QED) is 0.169. The standard InChI is InChI=1S/C42H51N9O4/c1-27-35-26-44-42(47-39(35)51(32-8-3-4-9-32)41(55)38(27)28(2)52)45-36-12-10-33(25-43-36)50-22-20-49(21-23-50)31-15-18-48(19-16-31)17-14-29-6-5-7-30(24-29)34-11-13-37(53)46-40(34)54/h5-7,10,12,24-26,31-32,34H,3-4,8-9,11,13-23H2,1-2H3,(H,46,53,54)(H,43,44,45,47). The molecule has 3 aliphatic heterocycles. The maximum absolute atomic E-state index is 13.6. The number of fused-ring (bicyclic) bond motifs is 1. The minimum atomic E-state index is -0.259. The molecule has 1 aromatic carbocycles. The molecule has 3 aromatic heterocycles. The molecular weight excluding hydrogens is 695 g/mol. The topological polar surface area (TPSA) is 146 Å². The van der Waals surface area contributed by atoms with Crippen LogP contribution in [-0.4, -0.2) is 98.8 Å². The lowest BCUT2D eigenvalue weighted by Crippen LogP contribution is -2.53. The van der Waals surface area contributed by atoms with E-state index in [1.807, 2.05) is 24.4 Å². The molecule has 4 aromatic rings. The Morgan fingerprint density at radius 2 is 1.67 bits per heavy atom. The summed E-state index contributed by atoms with van der Waals surface area (Å²) in [5.41, 5.74) is 4.50. The highest BCUT2D eigenvalue weighted by molar-refractivity contribution is 6.01. The number of nitrogens with one attached hydrogen (secondary N) is 2. The second-order valence-electron chi connectivity index (χ2n) is 15.7. The van der Waals surface area contributed by atoms with Gasteiger partial charge in [-0.3, -0.25) is 34.0 Å². The lowest BCUT2D eigenvalue weighted by Gasteiger charge is -2.43. The van der Waals surface area contributed by atoms with Crippen molar-refractivity contribution in [2.45, 2.75) is 89.6 Å². The maximum atomic E-state index is 13.6. The average Bonchev–Trinajstić information content (AvgIpc) is 3.72. The van der Waals surface area contributed by atoms with Crippen molar-refractivity contribution < 1.29 is 14.4 Å². The number of piperidine rings is 2. The third-order valence-electron chi connectivity index (χ3n) is 12.3. The highest BCUT2D eigenvalue weighted by Gasteiger charge is 2.30. The molecule has 0 spiro atoms. The van der Waals surface area contributed by atoms with Gasteiger partial charge < -0.3 is 15.1 Å². The molecule has 2 amide bonds. The summed E-state index contributed by atoms with van der Waals surface area (Å²) in [6.07, 6.45) is 11.8. The first-order valence-electron chi connectivity index (χ1n) is 20.0. The number of amides is 2. The Morgan fingerprint density at radius 3 is 2.38 bits per heavy atom. The maximum Gasteiger partial charge on any atom is 0.263 e. The second kappa shape index (κ2) is 16.0. The molecule has 55 heavy (non-hydrogen) atoms. The van der Waals surface area contributed by atoms with E-state index in [2.05, 4.69) is 48.5 Å². The van der Waals surface area contributed by atoms with Crippen LogP contribution in [0.4, 0.5) is 17.5 Å². The minimum Gasteiger partial charge on any atom is -0.368 e. The van der Waals surface area contributed by atoms with Crippen molar-refractivity contribution in [1.82, 2.24) is 34.6 Å². The molecule has 1 unspecified atom stereocenters. The number of carbonyl (C=O) groups is 3. The molecule has 1 aliphatic carbocycles. The van der Waals surface area contributed by atoms with Gasteiger partial charge >= 0.3 is 0 Å². The van der Waals surface area contributed by atoms with Crippen LogP contribution in [0.5, 0.6) is 0 Å². The normalized spacial score (nSPS) is 20.6. The zero-order chi connectivity index (χ0) is 38.1. The van der Waals surface area contributed by atoms with E-state index in [9.17, 15) is 19.2 Å². The predicted octanol–water partition coefficient (Wildman–Crippen LogP) is 4.91.